The summed E-state index contributed by atoms with van der Waals surface area (Å²) < 4.78 is 8.67. The monoisotopic (exact) mass is 156 g/mol. The summed E-state index contributed by atoms with van der Waals surface area (Å²) >= 11 is 0. The molecule has 6 heteroatoms. The van der Waals surface area contributed by atoms with Gasteiger partial charge in [-0.1, -0.05) is 0 Å². The Morgan fingerprint density at radius 2 is 2.55 bits per heavy atom. The van der Waals surface area contributed by atoms with Gasteiger partial charge in [0.05, 0.1) is 0 Å². The van der Waals surface area contributed by atoms with Crippen molar-refractivity contribution in [2.45, 2.75) is 0 Å². The molecule has 1 rings (SSSR count). The molecule has 1 amide bonds. The van der Waals surface area contributed by atoms with E-state index in [0.717, 1.165) is 6.26 Å². The summed E-state index contributed by atoms with van der Waals surface area (Å²) in [4.78, 5) is 23.5. The van der Waals surface area contributed by atoms with E-state index in [1.165, 1.54) is 0 Å². The van der Waals surface area contributed by atoms with E-state index in [-0.39, 0.29) is 18.2 Å². The van der Waals surface area contributed by atoms with Gasteiger partial charge in [-0.25, -0.2) is 0 Å². The minimum atomic E-state index is -0.741. The zero-order chi connectivity index (χ0) is 8.27. The van der Waals surface area contributed by atoms with Gasteiger partial charge in [0.2, 0.25) is 0 Å². The summed E-state index contributed by atoms with van der Waals surface area (Å²) in [6, 6.07) is 0. The van der Waals surface area contributed by atoms with Crippen molar-refractivity contribution in [1.82, 2.24) is 4.98 Å². The molecular weight excluding hydrogens is 152 g/mol. The topological polar surface area (TPSA) is 95.4 Å². The molecule has 0 unspecified atom stereocenters. The number of primary amides is 1. The maximum Gasteiger partial charge on any atom is 0.401 e. The molecule has 0 saturated heterocycles. The number of rotatable bonds is 3. The number of carbonyl (C=O) groups is 2. The van der Waals surface area contributed by atoms with Crippen molar-refractivity contribution in [3.63, 3.8) is 0 Å². The Morgan fingerprint density at radius 3 is 3.00 bits per heavy atom. The number of carbonyl (C=O) groups excluding carboxylic acids is 2. The van der Waals surface area contributed by atoms with Crippen LogP contribution in [0.15, 0.2) is 10.7 Å². The van der Waals surface area contributed by atoms with Crippen molar-refractivity contribution < 1.29 is 18.7 Å². The van der Waals surface area contributed by atoms with Crippen LogP contribution in [0.5, 0.6) is 6.08 Å². The first-order valence-electron chi connectivity index (χ1n) is 2.59. The highest BCUT2D eigenvalue weighted by Crippen LogP contribution is 2.07. The minimum absolute atomic E-state index is 0.0816. The van der Waals surface area contributed by atoms with Crippen LogP contribution in [0.1, 0.15) is 10.5 Å². The number of nitrogens with two attached hydrogens (primary N) is 1. The van der Waals surface area contributed by atoms with Gasteiger partial charge in [0.1, 0.15) is 6.26 Å². The van der Waals surface area contributed by atoms with Crippen molar-refractivity contribution in [3.8, 4) is 6.08 Å². The first-order chi connectivity index (χ1) is 5.24. The Balaban J connectivity index is 2.81. The summed E-state index contributed by atoms with van der Waals surface area (Å²) in [6.45, 7) is 0.136. The quantitative estimate of drug-likeness (QED) is 0.584. The molecule has 0 aromatic carbocycles. The smallest absolute Gasteiger partial charge is 0.401 e. The fourth-order valence-electron chi connectivity index (χ4n) is 0.466. The largest absolute Gasteiger partial charge is 0.416 e. The number of hydrogen-bond donors (Lipinski definition) is 1. The number of oxazole rings is 1. The van der Waals surface area contributed by atoms with E-state index in [9.17, 15) is 9.59 Å². The van der Waals surface area contributed by atoms with Crippen LogP contribution in [-0.2, 0) is 4.79 Å². The van der Waals surface area contributed by atoms with Crippen LogP contribution in [0.25, 0.3) is 0 Å². The van der Waals surface area contributed by atoms with Gasteiger partial charge in [-0.2, -0.15) is 4.98 Å². The Kier molecular flexibility index (Phi) is 1.86. The summed E-state index contributed by atoms with van der Waals surface area (Å²) in [5.74, 6) is -0.741. The molecule has 6 nitrogen and oxygen atoms in total. The average molecular weight is 156 g/mol. The van der Waals surface area contributed by atoms with E-state index in [4.69, 9.17) is 5.73 Å². The summed E-state index contributed by atoms with van der Waals surface area (Å²) in [5, 5.41) is 0. The van der Waals surface area contributed by atoms with Gasteiger partial charge < -0.3 is 14.9 Å². The number of ether oxygens (including phenoxy) is 1. The van der Waals surface area contributed by atoms with Crippen molar-refractivity contribution in [2.75, 3.05) is 0 Å². The number of hydrogen-bond acceptors (Lipinski definition) is 5. The summed E-state index contributed by atoms with van der Waals surface area (Å²) in [7, 11) is 0. The third kappa shape index (κ3) is 1.54. The van der Waals surface area contributed by atoms with Crippen LogP contribution in [0.2, 0.25) is 0 Å². The Bertz CT molecular complexity index is 280. The van der Waals surface area contributed by atoms with E-state index in [1.807, 2.05) is 0 Å². The van der Waals surface area contributed by atoms with Gasteiger partial charge in [0, 0.05) is 0 Å². The lowest BCUT2D eigenvalue weighted by atomic mass is 10.5. The van der Waals surface area contributed by atoms with Gasteiger partial charge in [0.25, 0.3) is 5.91 Å². The summed E-state index contributed by atoms with van der Waals surface area (Å²) in [6.07, 6.45) is 0.704. The zero-order valence-corrected chi connectivity index (χ0v) is 5.31. The molecule has 0 aliphatic heterocycles. The van der Waals surface area contributed by atoms with Crippen LogP contribution < -0.4 is 10.5 Å². The average Bonchev–Trinajstić information content (AvgIpc) is 2.37. The molecule has 1 heterocycles. The maximum absolute atomic E-state index is 10.4. The predicted octanol–water partition coefficient (Wildman–Crippen LogP) is -0.691. The lowest BCUT2D eigenvalue weighted by Gasteiger charge is -1.83. The third-order valence-corrected chi connectivity index (χ3v) is 0.884. The second-order valence-corrected chi connectivity index (χ2v) is 1.58. The molecule has 11 heavy (non-hydrogen) atoms. The minimum Gasteiger partial charge on any atom is -0.416 e. The maximum atomic E-state index is 10.4. The first kappa shape index (κ1) is 7.26. The lowest BCUT2D eigenvalue weighted by molar-refractivity contribution is -0.122. The highest BCUT2D eigenvalue weighted by molar-refractivity contribution is 5.90. The molecule has 0 aliphatic carbocycles. The molecule has 1 aromatic rings. The van der Waals surface area contributed by atoms with Crippen molar-refractivity contribution in [3.05, 3.63) is 12.0 Å². The molecule has 0 bridgehead atoms. The van der Waals surface area contributed by atoms with Crippen LogP contribution in [0.3, 0.4) is 0 Å². The fourth-order valence-corrected chi connectivity index (χ4v) is 0.466. The van der Waals surface area contributed by atoms with Crippen LogP contribution >= 0.6 is 0 Å². The Morgan fingerprint density at radius 1 is 1.82 bits per heavy atom. The van der Waals surface area contributed by atoms with Gasteiger partial charge >= 0.3 is 12.5 Å². The molecule has 58 valence electrons. The molecule has 0 fully saturated rings. The van der Waals surface area contributed by atoms with Crippen LogP contribution in [-0.4, -0.2) is 17.4 Å². The van der Waals surface area contributed by atoms with Crippen molar-refractivity contribution in [1.29, 1.82) is 0 Å². The molecule has 1 aromatic heterocycles. The van der Waals surface area contributed by atoms with Gasteiger partial charge in [-0.3, -0.25) is 9.59 Å². The number of nitrogens with zero attached hydrogens (tertiary/aromatic N) is 1. The molecule has 0 saturated carbocycles. The Hall–Kier alpha value is -1.85. The van der Waals surface area contributed by atoms with Gasteiger partial charge in [-0.05, 0) is 0 Å². The normalized spacial score (nSPS) is 9.09. The second kappa shape index (κ2) is 2.82. The standard InChI is InChI=1S/C5H4N2O4/c6-4(9)3-1-10-5(7-3)11-2-8/h1-2H,(H2,6,9). The summed E-state index contributed by atoms with van der Waals surface area (Å²) in [5.41, 5.74) is 4.74. The number of amides is 1. The lowest BCUT2D eigenvalue weighted by Crippen LogP contribution is -2.11. The van der Waals surface area contributed by atoms with E-state index < -0.39 is 5.91 Å². The zero-order valence-electron chi connectivity index (χ0n) is 5.31. The molecule has 0 spiro atoms. The SMILES string of the molecule is NC(=O)c1coc(OC=O)n1. The predicted molar refractivity (Wildman–Crippen MR) is 31.7 cm³/mol. The van der Waals surface area contributed by atoms with Crippen molar-refractivity contribution >= 4 is 12.4 Å². The van der Waals surface area contributed by atoms with E-state index in [0.29, 0.717) is 0 Å². The Labute approximate surface area is 61.0 Å². The van der Waals surface area contributed by atoms with Crippen LogP contribution in [0.4, 0.5) is 0 Å². The molecule has 0 radical (unpaired) electrons. The van der Waals surface area contributed by atoms with E-state index >= 15 is 0 Å². The number of aromatic nitrogens is 1. The highest BCUT2D eigenvalue weighted by atomic mass is 16.6. The van der Waals surface area contributed by atoms with Gasteiger partial charge in [-0.15, -0.1) is 0 Å². The molecule has 2 N–H and O–H groups in total. The van der Waals surface area contributed by atoms with E-state index in [1.54, 1.807) is 0 Å². The van der Waals surface area contributed by atoms with Gasteiger partial charge in [0.15, 0.2) is 5.69 Å². The van der Waals surface area contributed by atoms with E-state index in [2.05, 4.69) is 14.1 Å². The molecular formula is C5H4N2O4. The fraction of sp³-hybridized carbons (Fsp3) is 0. The first-order valence-corrected chi connectivity index (χ1v) is 2.59. The van der Waals surface area contributed by atoms with Crippen molar-refractivity contribution in [2.24, 2.45) is 5.73 Å². The molecule has 0 atom stereocenters. The molecule has 0 aliphatic rings. The third-order valence-electron chi connectivity index (χ3n) is 0.884. The van der Waals surface area contributed by atoms with Crippen LogP contribution in [0, 0.1) is 0 Å². The highest BCUT2D eigenvalue weighted by Gasteiger charge is 2.08. The second-order valence-electron chi connectivity index (χ2n) is 1.58.